The number of nitrogens with zero attached hydrogens (tertiary/aromatic N) is 5. The molecule has 1 fully saturated rings. The van der Waals surface area contributed by atoms with Gasteiger partial charge in [-0.05, 0) is 25.0 Å². The second kappa shape index (κ2) is 7.53. The van der Waals surface area contributed by atoms with E-state index in [2.05, 4.69) is 26.0 Å². The third kappa shape index (κ3) is 3.40. The van der Waals surface area contributed by atoms with Crippen LogP contribution in [-0.2, 0) is 19.5 Å². The maximum absolute atomic E-state index is 13.2. The van der Waals surface area contributed by atoms with Gasteiger partial charge >= 0.3 is 0 Å². The standard InChI is InChI=1S/C23H26N6O2/c30-23-18-15-27(13-16-12-24-28(14-16)17-5-2-1-3-6-17)9-8-19(18)25-22-11-20(26-29(22)23)21-7-4-10-31-21/h4,7,10-12,14,17,26H,1-3,5-6,8-9,13,15H2. The average Bonchev–Trinajstić information content (AvgIpc) is 3.56. The van der Waals surface area contributed by atoms with E-state index >= 15 is 0 Å². The SMILES string of the molecule is O=c1c2c(nc3cc(-c4ccco4)[nH]n13)CCN(Cc1cnn(C3CCCCC3)c1)C2. The van der Waals surface area contributed by atoms with Gasteiger partial charge in [-0.1, -0.05) is 19.3 Å². The van der Waals surface area contributed by atoms with Crippen LogP contribution in [-0.4, -0.2) is 35.8 Å². The molecule has 4 aromatic rings. The largest absolute Gasteiger partial charge is 0.463 e. The molecule has 31 heavy (non-hydrogen) atoms. The van der Waals surface area contributed by atoms with Crippen LogP contribution in [0.5, 0.6) is 0 Å². The highest BCUT2D eigenvalue weighted by molar-refractivity contribution is 5.59. The minimum atomic E-state index is -0.0274. The molecule has 6 rings (SSSR count). The number of aromatic amines is 1. The van der Waals surface area contributed by atoms with Crippen LogP contribution in [0.15, 0.2) is 46.1 Å². The number of rotatable bonds is 4. The lowest BCUT2D eigenvalue weighted by atomic mass is 9.96. The Labute approximate surface area is 179 Å². The molecule has 1 aliphatic heterocycles. The summed E-state index contributed by atoms with van der Waals surface area (Å²) in [5.41, 5.74) is 4.25. The van der Waals surface area contributed by atoms with Crippen LogP contribution in [0, 0.1) is 0 Å². The predicted molar refractivity (Wildman–Crippen MR) is 116 cm³/mol. The number of fused-ring (bicyclic) bond motifs is 2. The van der Waals surface area contributed by atoms with E-state index in [1.807, 2.05) is 24.4 Å². The number of hydrogen-bond donors (Lipinski definition) is 1. The second-order valence-electron chi connectivity index (χ2n) is 8.76. The summed E-state index contributed by atoms with van der Waals surface area (Å²) in [6.45, 7) is 2.30. The molecule has 1 saturated carbocycles. The summed E-state index contributed by atoms with van der Waals surface area (Å²) in [6, 6.07) is 6.11. The summed E-state index contributed by atoms with van der Waals surface area (Å²) in [7, 11) is 0. The van der Waals surface area contributed by atoms with Crippen molar-refractivity contribution in [3.63, 3.8) is 0 Å². The van der Waals surface area contributed by atoms with Crippen molar-refractivity contribution >= 4 is 5.65 Å². The van der Waals surface area contributed by atoms with Crippen molar-refractivity contribution < 1.29 is 4.42 Å². The lowest BCUT2D eigenvalue weighted by Gasteiger charge is -2.27. The fraction of sp³-hybridized carbons (Fsp3) is 0.435. The van der Waals surface area contributed by atoms with Crippen molar-refractivity contribution in [1.29, 1.82) is 0 Å². The molecular formula is C23H26N6O2. The zero-order valence-corrected chi connectivity index (χ0v) is 17.5. The van der Waals surface area contributed by atoms with Gasteiger partial charge in [0.15, 0.2) is 11.4 Å². The lowest BCUT2D eigenvalue weighted by molar-refractivity contribution is 0.241. The first kappa shape index (κ1) is 18.6. The molecule has 0 radical (unpaired) electrons. The predicted octanol–water partition coefficient (Wildman–Crippen LogP) is 3.54. The zero-order valence-electron chi connectivity index (χ0n) is 17.5. The minimum absolute atomic E-state index is 0.0274. The van der Waals surface area contributed by atoms with E-state index in [-0.39, 0.29) is 5.56 Å². The maximum atomic E-state index is 13.2. The van der Waals surface area contributed by atoms with Crippen LogP contribution in [0.1, 0.15) is 55.0 Å². The molecule has 2 aliphatic rings. The zero-order chi connectivity index (χ0) is 20.8. The van der Waals surface area contributed by atoms with Gasteiger partial charge in [0.05, 0.1) is 29.8 Å². The van der Waals surface area contributed by atoms with Crippen LogP contribution in [0.2, 0.25) is 0 Å². The van der Waals surface area contributed by atoms with Crippen LogP contribution >= 0.6 is 0 Å². The normalized spacial score (nSPS) is 17.9. The Balaban J connectivity index is 1.23. The topological polar surface area (TPSA) is 84.4 Å². The third-order valence-electron chi connectivity index (χ3n) is 6.64. The molecule has 5 heterocycles. The van der Waals surface area contributed by atoms with Crippen molar-refractivity contribution in [3.8, 4) is 11.5 Å². The molecule has 0 saturated heterocycles. The molecule has 0 aromatic carbocycles. The van der Waals surface area contributed by atoms with E-state index in [0.717, 1.165) is 36.5 Å². The number of aromatic nitrogens is 5. The van der Waals surface area contributed by atoms with Crippen molar-refractivity contribution in [2.45, 2.75) is 57.7 Å². The molecule has 8 nitrogen and oxygen atoms in total. The van der Waals surface area contributed by atoms with E-state index in [1.54, 1.807) is 6.26 Å². The van der Waals surface area contributed by atoms with E-state index < -0.39 is 0 Å². The Morgan fingerprint density at radius 1 is 1.23 bits per heavy atom. The highest BCUT2D eigenvalue weighted by Crippen LogP contribution is 2.28. The molecule has 8 heteroatoms. The van der Waals surface area contributed by atoms with Crippen LogP contribution in [0.3, 0.4) is 0 Å². The van der Waals surface area contributed by atoms with E-state index in [4.69, 9.17) is 9.40 Å². The quantitative estimate of drug-likeness (QED) is 0.548. The Bertz CT molecular complexity index is 1260. The third-order valence-corrected chi connectivity index (χ3v) is 6.64. The fourth-order valence-corrected chi connectivity index (χ4v) is 4.99. The molecule has 0 spiro atoms. The molecule has 0 unspecified atom stereocenters. The van der Waals surface area contributed by atoms with Gasteiger partial charge in [-0.25, -0.2) is 9.50 Å². The summed E-state index contributed by atoms with van der Waals surface area (Å²) < 4.78 is 9.14. The molecule has 1 N–H and O–H groups in total. The average molecular weight is 419 g/mol. The van der Waals surface area contributed by atoms with Gasteiger partial charge < -0.3 is 4.42 Å². The van der Waals surface area contributed by atoms with Gasteiger partial charge in [0.2, 0.25) is 0 Å². The summed E-state index contributed by atoms with van der Waals surface area (Å²) in [4.78, 5) is 20.3. The van der Waals surface area contributed by atoms with Gasteiger partial charge in [-0.15, -0.1) is 0 Å². The minimum Gasteiger partial charge on any atom is -0.463 e. The molecular weight excluding hydrogens is 392 g/mol. The van der Waals surface area contributed by atoms with Gasteiger partial charge in [0.1, 0.15) is 5.69 Å². The van der Waals surface area contributed by atoms with Crippen LogP contribution in [0.4, 0.5) is 0 Å². The first-order valence-electron chi connectivity index (χ1n) is 11.2. The van der Waals surface area contributed by atoms with Gasteiger partial charge in [-0.3, -0.25) is 19.5 Å². The first-order chi connectivity index (χ1) is 15.2. The molecule has 0 amide bonds. The summed E-state index contributed by atoms with van der Waals surface area (Å²) in [5, 5.41) is 7.77. The molecule has 1 aliphatic carbocycles. The monoisotopic (exact) mass is 418 g/mol. The summed E-state index contributed by atoms with van der Waals surface area (Å²) in [5.74, 6) is 0.694. The van der Waals surface area contributed by atoms with Crippen molar-refractivity contribution in [2.24, 2.45) is 0 Å². The van der Waals surface area contributed by atoms with Crippen LogP contribution < -0.4 is 5.56 Å². The Morgan fingerprint density at radius 3 is 2.97 bits per heavy atom. The molecule has 4 aromatic heterocycles. The fourth-order valence-electron chi connectivity index (χ4n) is 4.99. The molecule has 0 atom stereocenters. The van der Waals surface area contributed by atoms with Gasteiger partial charge in [-0.2, -0.15) is 5.10 Å². The highest BCUT2D eigenvalue weighted by atomic mass is 16.3. The molecule has 0 bridgehead atoms. The van der Waals surface area contributed by atoms with Crippen molar-refractivity contribution in [2.75, 3.05) is 6.54 Å². The second-order valence-corrected chi connectivity index (χ2v) is 8.76. The number of hydrogen-bond acceptors (Lipinski definition) is 5. The number of furan rings is 1. The Hall–Kier alpha value is -3.13. The Kier molecular flexibility index (Phi) is 4.52. The summed E-state index contributed by atoms with van der Waals surface area (Å²) in [6.07, 6.45) is 13.0. The van der Waals surface area contributed by atoms with E-state index in [9.17, 15) is 4.79 Å². The Morgan fingerprint density at radius 2 is 2.13 bits per heavy atom. The number of H-pyrrole nitrogens is 1. The number of nitrogens with one attached hydrogen (secondary N) is 1. The highest BCUT2D eigenvalue weighted by Gasteiger charge is 2.24. The van der Waals surface area contributed by atoms with Crippen molar-refractivity contribution in [1.82, 2.24) is 29.3 Å². The summed E-state index contributed by atoms with van der Waals surface area (Å²) >= 11 is 0. The van der Waals surface area contributed by atoms with E-state index in [0.29, 0.717) is 24.0 Å². The lowest BCUT2D eigenvalue weighted by Crippen LogP contribution is -2.36. The van der Waals surface area contributed by atoms with Gasteiger partial charge in [0.25, 0.3) is 5.56 Å². The maximum Gasteiger partial charge on any atom is 0.277 e. The molecule has 160 valence electrons. The first-order valence-corrected chi connectivity index (χ1v) is 11.2. The smallest absolute Gasteiger partial charge is 0.277 e. The van der Waals surface area contributed by atoms with E-state index in [1.165, 1.54) is 42.2 Å². The van der Waals surface area contributed by atoms with Crippen molar-refractivity contribution in [3.05, 3.63) is 64.0 Å². The van der Waals surface area contributed by atoms with Crippen LogP contribution in [0.25, 0.3) is 17.1 Å². The van der Waals surface area contributed by atoms with Gasteiger partial charge in [0, 0.05) is 43.9 Å².